The molecule has 0 saturated carbocycles. The van der Waals surface area contributed by atoms with Crippen molar-refractivity contribution in [3.8, 4) is 0 Å². The number of benzene rings is 1. The van der Waals surface area contributed by atoms with Gasteiger partial charge in [-0.15, -0.1) is 0 Å². The molecular formula is C16H23N3O. The monoisotopic (exact) mass is 273 g/mol. The summed E-state index contributed by atoms with van der Waals surface area (Å²) >= 11 is 0. The van der Waals surface area contributed by atoms with Crippen LogP contribution in [0.15, 0.2) is 42.7 Å². The lowest BCUT2D eigenvalue weighted by Crippen LogP contribution is -2.40. The molecule has 0 aliphatic heterocycles. The van der Waals surface area contributed by atoms with Crippen LogP contribution in [0.1, 0.15) is 32.2 Å². The van der Waals surface area contributed by atoms with E-state index in [0.717, 1.165) is 12.4 Å². The quantitative estimate of drug-likeness (QED) is 0.822. The van der Waals surface area contributed by atoms with Gasteiger partial charge in [0.1, 0.15) is 12.1 Å². The molecule has 1 unspecified atom stereocenters. The number of nitrogens with one attached hydrogen (secondary N) is 1. The molecule has 0 bridgehead atoms. The van der Waals surface area contributed by atoms with Gasteiger partial charge in [0.05, 0.1) is 6.54 Å². The Morgan fingerprint density at radius 3 is 2.60 bits per heavy atom. The number of hydrogen-bond donors (Lipinski definition) is 2. The number of aromatic nitrogens is 2. The van der Waals surface area contributed by atoms with Gasteiger partial charge in [0.2, 0.25) is 0 Å². The Morgan fingerprint density at radius 1 is 1.25 bits per heavy atom. The van der Waals surface area contributed by atoms with Crippen LogP contribution in [0, 0.1) is 5.41 Å². The van der Waals surface area contributed by atoms with E-state index in [9.17, 15) is 5.11 Å². The van der Waals surface area contributed by atoms with E-state index in [2.05, 4.69) is 27.0 Å². The number of imidazole rings is 1. The van der Waals surface area contributed by atoms with Crippen molar-refractivity contribution in [2.24, 2.45) is 5.41 Å². The topological polar surface area (TPSA) is 50.1 Å². The summed E-state index contributed by atoms with van der Waals surface area (Å²) in [4.78, 5) is 4.36. The summed E-state index contributed by atoms with van der Waals surface area (Å²) in [6.45, 7) is 7.35. The highest BCUT2D eigenvalue weighted by molar-refractivity contribution is 5.15. The summed E-state index contributed by atoms with van der Waals surface area (Å²) in [5.74, 6) is 0.928. The minimum absolute atomic E-state index is 0.184. The van der Waals surface area contributed by atoms with E-state index < -0.39 is 6.23 Å². The predicted molar refractivity (Wildman–Crippen MR) is 80.1 cm³/mol. The molecule has 0 spiro atoms. The van der Waals surface area contributed by atoms with Crippen LogP contribution < -0.4 is 5.32 Å². The van der Waals surface area contributed by atoms with Crippen LogP contribution in [0.25, 0.3) is 0 Å². The molecule has 20 heavy (non-hydrogen) atoms. The zero-order valence-electron chi connectivity index (χ0n) is 12.4. The second-order valence-corrected chi connectivity index (χ2v) is 6.11. The van der Waals surface area contributed by atoms with E-state index in [1.807, 2.05) is 45.2 Å². The third-order valence-corrected chi connectivity index (χ3v) is 3.27. The first-order valence-electron chi connectivity index (χ1n) is 6.92. The fraction of sp³-hybridized carbons (Fsp3) is 0.438. The second kappa shape index (κ2) is 6.20. The fourth-order valence-electron chi connectivity index (χ4n) is 1.93. The van der Waals surface area contributed by atoms with Crippen molar-refractivity contribution in [2.75, 3.05) is 0 Å². The third-order valence-electron chi connectivity index (χ3n) is 3.27. The Bertz CT molecular complexity index is 528. The molecule has 0 saturated heterocycles. The number of rotatable bonds is 5. The molecule has 1 heterocycles. The Kier molecular flexibility index (Phi) is 4.57. The smallest absolute Gasteiger partial charge is 0.123 e. The zero-order valence-corrected chi connectivity index (χ0v) is 12.4. The maximum absolute atomic E-state index is 10.0. The van der Waals surface area contributed by atoms with Crippen molar-refractivity contribution in [2.45, 2.75) is 40.1 Å². The van der Waals surface area contributed by atoms with Crippen molar-refractivity contribution in [1.82, 2.24) is 14.9 Å². The van der Waals surface area contributed by atoms with Crippen LogP contribution in [0.5, 0.6) is 0 Å². The lowest BCUT2D eigenvalue weighted by molar-refractivity contribution is 0.0309. The standard InChI is InChI=1S/C16H23N3O/c1-16(2,3)15(20)18-11-14-17-9-10-19(14)12-13-7-5-4-6-8-13/h4-10,15,18,20H,11-12H2,1-3H3. The normalized spacial score (nSPS) is 13.4. The number of hydrogen-bond acceptors (Lipinski definition) is 3. The molecule has 4 nitrogen and oxygen atoms in total. The predicted octanol–water partition coefficient (Wildman–Crippen LogP) is 2.39. The highest BCUT2D eigenvalue weighted by Gasteiger charge is 2.21. The molecule has 1 atom stereocenters. The van der Waals surface area contributed by atoms with Gasteiger partial charge in [-0.2, -0.15) is 0 Å². The summed E-state index contributed by atoms with van der Waals surface area (Å²) in [6, 6.07) is 10.3. The van der Waals surface area contributed by atoms with Gasteiger partial charge >= 0.3 is 0 Å². The van der Waals surface area contributed by atoms with Gasteiger partial charge in [-0.1, -0.05) is 51.1 Å². The number of aliphatic hydroxyl groups is 1. The minimum atomic E-state index is -0.552. The van der Waals surface area contributed by atoms with Crippen LogP contribution in [0.2, 0.25) is 0 Å². The molecule has 2 N–H and O–H groups in total. The van der Waals surface area contributed by atoms with Crippen molar-refractivity contribution >= 4 is 0 Å². The van der Waals surface area contributed by atoms with Crippen molar-refractivity contribution < 1.29 is 5.11 Å². The number of nitrogens with zero attached hydrogens (tertiary/aromatic N) is 2. The first kappa shape index (κ1) is 14.8. The van der Waals surface area contributed by atoms with Crippen molar-refractivity contribution in [3.63, 3.8) is 0 Å². The molecule has 108 valence electrons. The SMILES string of the molecule is CC(C)(C)C(O)NCc1nccn1Cc1ccccc1. The molecule has 1 aromatic heterocycles. The summed E-state index contributed by atoms with van der Waals surface area (Å²) in [5, 5.41) is 13.1. The average molecular weight is 273 g/mol. The van der Waals surface area contributed by atoms with Gasteiger partial charge in [-0.25, -0.2) is 4.98 Å². The summed E-state index contributed by atoms with van der Waals surface area (Å²) in [5.41, 5.74) is 1.06. The summed E-state index contributed by atoms with van der Waals surface area (Å²) in [6.07, 6.45) is 3.21. The largest absolute Gasteiger partial charge is 0.378 e. The first-order chi connectivity index (χ1) is 9.47. The van der Waals surface area contributed by atoms with Crippen LogP contribution in [-0.2, 0) is 13.1 Å². The molecule has 2 rings (SSSR count). The maximum Gasteiger partial charge on any atom is 0.123 e. The molecular weight excluding hydrogens is 250 g/mol. The third kappa shape index (κ3) is 3.92. The van der Waals surface area contributed by atoms with Crippen LogP contribution >= 0.6 is 0 Å². The highest BCUT2D eigenvalue weighted by Crippen LogP contribution is 2.17. The van der Waals surface area contributed by atoms with Crippen molar-refractivity contribution in [1.29, 1.82) is 0 Å². The van der Waals surface area contributed by atoms with Gasteiger partial charge in [0, 0.05) is 24.4 Å². The van der Waals surface area contributed by atoms with Crippen molar-refractivity contribution in [3.05, 3.63) is 54.1 Å². The summed E-state index contributed by atoms with van der Waals surface area (Å²) < 4.78 is 2.09. The molecule has 0 amide bonds. The van der Waals surface area contributed by atoms with E-state index in [1.165, 1.54) is 5.56 Å². The first-order valence-corrected chi connectivity index (χ1v) is 6.92. The Morgan fingerprint density at radius 2 is 1.95 bits per heavy atom. The van der Waals surface area contributed by atoms with Crippen LogP contribution in [-0.4, -0.2) is 20.9 Å². The van der Waals surface area contributed by atoms with Gasteiger partial charge in [0.25, 0.3) is 0 Å². The molecule has 4 heteroatoms. The van der Waals surface area contributed by atoms with E-state index in [4.69, 9.17) is 0 Å². The summed E-state index contributed by atoms with van der Waals surface area (Å²) in [7, 11) is 0. The molecule has 2 aromatic rings. The Hall–Kier alpha value is -1.65. The van der Waals surface area contributed by atoms with E-state index >= 15 is 0 Å². The Balaban J connectivity index is 1.99. The maximum atomic E-state index is 10.0. The second-order valence-electron chi connectivity index (χ2n) is 6.11. The van der Waals surface area contributed by atoms with E-state index in [1.54, 1.807) is 6.20 Å². The molecule has 0 aliphatic rings. The van der Waals surface area contributed by atoms with E-state index in [0.29, 0.717) is 6.54 Å². The van der Waals surface area contributed by atoms with Crippen LogP contribution in [0.3, 0.4) is 0 Å². The molecule has 0 aliphatic carbocycles. The van der Waals surface area contributed by atoms with Gasteiger partial charge in [-0.3, -0.25) is 5.32 Å². The number of aliphatic hydroxyl groups excluding tert-OH is 1. The van der Waals surface area contributed by atoms with Gasteiger partial charge < -0.3 is 9.67 Å². The minimum Gasteiger partial charge on any atom is -0.378 e. The van der Waals surface area contributed by atoms with Gasteiger partial charge in [0.15, 0.2) is 0 Å². The van der Waals surface area contributed by atoms with Crippen LogP contribution in [0.4, 0.5) is 0 Å². The molecule has 1 aromatic carbocycles. The molecule has 0 fully saturated rings. The highest BCUT2D eigenvalue weighted by atomic mass is 16.3. The lowest BCUT2D eigenvalue weighted by atomic mass is 9.94. The Labute approximate surface area is 120 Å². The average Bonchev–Trinajstić information content (AvgIpc) is 2.83. The zero-order chi connectivity index (χ0) is 14.6. The van der Waals surface area contributed by atoms with Gasteiger partial charge in [-0.05, 0) is 5.56 Å². The van der Waals surface area contributed by atoms with E-state index in [-0.39, 0.29) is 5.41 Å². The lowest BCUT2D eigenvalue weighted by Gasteiger charge is -2.26. The fourth-order valence-corrected chi connectivity index (χ4v) is 1.93. The molecule has 0 radical (unpaired) electrons.